The third-order valence-corrected chi connectivity index (χ3v) is 3.37. The van der Waals surface area contributed by atoms with E-state index >= 15 is 0 Å². The number of nitrogens with one attached hydrogen (secondary N) is 1. The van der Waals surface area contributed by atoms with E-state index < -0.39 is 10.0 Å². The van der Waals surface area contributed by atoms with Crippen molar-refractivity contribution in [3.63, 3.8) is 0 Å². The van der Waals surface area contributed by atoms with Crippen molar-refractivity contribution in [2.75, 3.05) is 6.26 Å². The van der Waals surface area contributed by atoms with Gasteiger partial charge in [-0.1, -0.05) is 13.3 Å². The summed E-state index contributed by atoms with van der Waals surface area (Å²) in [4.78, 5) is 4.34. The van der Waals surface area contributed by atoms with Gasteiger partial charge in [0, 0.05) is 6.54 Å². The van der Waals surface area contributed by atoms with Gasteiger partial charge in [-0.15, -0.1) is 5.10 Å². The molecule has 2 aromatic heterocycles. The molecule has 2 heterocycles. The predicted molar refractivity (Wildman–Crippen MR) is 74.3 cm³/mol. The lowest BCUT2D eigenvalue weighted by Crippen LogP contribution is -2.23. The Morgan fingerprint density at radius 2 is 2.25 bits per heavy atom. The van der Waals surface area contributed by atoms with Gasteiger partial charge in [0.25, 0.3) is 0 Å². The van der Waals surface area contributed by atoms with Gasteiger partial charge in [-0.2, -0.15) is 0 Å². The molecule has 0 unspecified atom stereocenters. The lowest BCUT2D eigenvalue weighted by atomic mass is 10.3. The molecule has 0 bridgehead atoms. The van der Waals surface area contributed by atoms with Crippen LogP contribution in [0.2, 0.25) is 0 Å². The van der Waals surface area contributed by atoms with Crippen LogP contribution in [0.5, 0.6) is 0 Å². The van der Waals surface area contributed by atoms with E-state index in [2.05, 4.69) is 21.7 Å². The molecule has 1 N–H and O–H groups in total. The van der Waals surface area contributed by atoms with Crippen molar-refractivity contribution in [1.29, 1.82) is 0 Å². The van der Waals surface area contributed by atoms with Gasteiger partial charge in [-0.25, -0.2) is 22.8 Å². The highest BCUT2D eigenvalue weighted by atomic mass is 32.2. The molecule has 0 aliphatic carbocycles. The minimum Gasteiger partial charge on any atom is -0.461 e. The van der Waals surface area contributed by atoms with Gasteiger partial charge >= 0.3 is 0 Å². The number of rotatable bonds is 7. The summed E-state index contributed by atoms with van der Waals surface area (Å²) in [5.41, 5.74) is 0. The zero-order valence-corrected chi connectivity index (χ0v) is 12.4. The molecular weight excluding hydrogens is 280 g/mol. The summed E-state index contributed by atoms with van der Waals surface area (Å²) >= 11 is 0. The second-order valence-corrected chi connectivity index (χ2v) is 6.33. The van der Waals surface area contributed by atoms with Crippen molar-refractivity contribution in [3.05, 3.63) is 24.2 Å². The molecule has 0 fully saturated rings. The monoisotopic (exact) mass is 298 g/mol. The van der Waals surface area contributed by atoms with E-state index in [9.17, 15) is 8.42 Å². The molecule has 0 aliphatic heterocycles. The van der Waals surface area contributed by atoms with Crippen LogP contribution in [-0.4, -0.2) is 29.4 Å². The second kappa shape index (κ2) is 6.19. The Bertz CT molecular complexity index is 646. The minimum absolute atomic E-state index is 0.121. The minimum atomic E-state index is -3.26. The Kier molecular flexibility index (Phi) is 4.56. The van der Waals surface area contributed by atoms with Crippen molar-refractivity contribution < 1.29 is 12.8 Å². The summed E-state index contributed by atoms with van der Waals surface area (Å²) in [6.45, 7) is 2.90. The van der Waals surface area contributed by atoms with Crippen LogP contribution in [0.3, 0.4) is 0 Å². The second-order valence-electron chi connectivity index (χ2n) is 4.50. The molecule has 0 aliphatic rings. The first kappa shape index (κ1) is 14.7. The number of sulfonamides is 1. The Morgan fingerprint density at radius 3 is 2.85 bits per heavy atom. The topological polar surface area (TPSA) is 90.0 Å². The number of aryl methyl sites for hydroxylation is 1. The maximum atomic E-state index is 11.2. The van der Waals surface area contributed by atoms with E-state index in [-0.39, 0.29) is 6.54 Å². The van der Waals surface area contributed by atoms with E-state index in [1.165, 1.54) is 0 Å². The maximum Gasteiger partial charge on any atom is 0.217 e. The van der Waals surface area contributed by atoms with E-state index in [0.29, 0.717) is 24.0 Å². The van der Waals surface area contributed by atoms with Crippen LogP contribution in [0.25, 0.3) is 11.6 Å². The third-order valence-electron chi connectivity index (χ3n) is 2.71. The maximum absolute atomic E-state index is 11.2. The highest BCUT2D eigenvalue weighted by Crippen LogP contribution is 2.16. The van der Waals surface area contributed by atoms with Gasteiger partial charge in [0.1, 0.15) is 5.82 Å². The number of unbranched alkanes of at least 4 members (excludes halogenated alkanes) is 1. The van der Waals surface area contributed by atoms with Crippen molar-refractivity contribution >= 4 is 10.0 Å². The molecule has 8 heteroatoms. The van der Waals surface area contributed by atoms with Gasteiger partial charge in [0.2, 0.25) is 15.8 Å². The highest BCUT2D eigenvalue weighted by molar-refractivity contribution is 7.88. The molecule has 0 spiro atoms. The zero-order chi connectivity index (χ0) is 14.6. The van der Waals surface area contributed by atoms with E-state index in [0.717, 1.165) is 19.1 Å². The highest BCUT2D eigenvalue weighted by Gasteiger charge is 2.14. The fourth-order valence-corrected chi connectivity index (χ4v) is 2.09. The molecule has 0 radical (unpaired) electrons. The normalized spacial score (nSPS) is 11.9. The van der Waals surface area contributed by atoms with Crippen molar-refractivity contribution in [2.24, 2.45) is 0 Å². The number of nitrogens with zero attached hydrogens (tertiary/aromatic N) is 3. The fraction of sp³-hybridized carbons (Fsp3) is 0.500. The summed E-state index contributed by atoms with van der Waals surface area (Å²) in [5, 5.41) is 4.37. The van der Waals surface area contributed by atoms with Gasteiger partial charge in [0.15, 0.2) is 5.76 Å². The first-order valence-electron chi connectivity index (χ1n) is 6.42. The Hall–Kier alpha value is -1.67. The van der Waals surface area contributed by atoms with Crippen molar-refractivity contribution in [3.8, 4) is 11.6 Å². The molecule has 2 rings (SSSR count). The predicted octanol–water partition coefficient (Wildman–Crippen LogP) is 1.39. The van der Waals surface area contributed by atoms with Crippen LogP contribution < -0.4 is 4.72 Å². The first-order chi connectivity index (χ1) is 9.49. The van der Waals surface area contributed by atoms with Crippen LogP contribution in [0.1, 0.15) is 25.6 Å². The average molecular weight is 298 g/mol. The fourth-order valence-electron chi connectivity index (χ4n) is 1.70. The van der Waals surface area contributed by atoms with Crippen LogP contribution in [0.15, 0.2) is 22.8 Å². The standard InChI is InChI=1S/C12H18N4O3S/c1-3-4-7-16-11(9-13-20(2,17)18)14-12(15-16)10-6-5-8-19-10/h5-6,8,13H,3-4,7,9H2,1-2H3. The Morgan fingerprint density at radius 1 is 1.45 bits per heavy atom. The molecule has 110 valence electrons. The van der Waals surface area contributed by atoms with Crippen molar-refractivity contribution in [1.82, 2.24) is 19.5 Å². The van der Waals surface area contributed by atoms with Crippen molar-refractivity contribution in [2.45, 2.75) is 32.9 Å². The van der Waals surface area contributed by atoms with Gasteiger partial charge in [-0.3, -0.25) is 0 Å². The lowest BCUT2D eigenvalue weighted by Gasteiger charge is -2.05. The first-order valence-corrected chi connectivity index (χ1v) is 8.31. The molecule has 0 saturated heterocycles. The SMILES string of the molecule is CCCCn1nc(-c2ccco2)nc1CNS(C)(=O)=O. The van der Waals surface area contributed by atoms with E-state index in [1.807, 2.05) is 0 Å². The molecule has 0 amide bonds. The zero-order valence-electron chi connectivity index (χ0n) is 11.5. The quantitative estimate of drug-likeness (QED) is 0.834. The summed E-state index contributed by atoms with van der Waals surface area (Å²) in [5.74, 6) is 1.62. The average Bonchev–Trinajstić information content (AvgIpc) is 3.02. The van der Waals surface area contributed by atoms with Crippen LogP contribution in [0.4, 0.5) is 0 Å². The lowest BCUT2D eigenvalue weighted by molar-refractivity contribution is 0.533. The number of aromatic nitrogens is 3. The molecule has 0 saturated carbocycles. The van der Waals surface area contributed by atoms with Crippen LogP contribution >= 0.6 is 0 Å². The van der Waals surface area contributed by atoms with Gasteiger partial charge in [0.05, 0.1) is 19.1 Å². The molecule has 0 atom stereocenters. The van der Waals surface area contributed by atoms with Gasteiger partial charge in [-0.05, 0) is 18.6 Å². The Labute approximate surface area is 118 Å². The summed E-state index contributed by atoms with van der Waals surface area (Å²) in [6.07, 6.45) is 4.64. The largest absolute Gasteiger partial charge is 0.461 e. The molecule has 0 aromatic carbocycles. The molecular formula is C12H18N4O3S. The summed E-state index contributed by atoms with van der Waals surface area (Å²) in [7, 11) is -3.26. The van der Waals surface area contributed by atoms with E-state index in [4.69, 9.17) is 4.42 Å². The number of furan rings is 1. The van der Waals surface area contributed by atoms with Crippen LogP contribution in [0, 0.1) is 0 Å². The van der Waals surface area contributed by atoms with Crippen LogP contribution in [-0.2, 0) is 23.1 Å². The molecule has 7 nitrogen and oxygen atoms in total. The molecule has 2 aromatic rings. The summed E-state index contributed by atoms with van der Waals surface area (Å²) in [6, 6.07) is 3.53. The Balaban J connectivity index is 2.23. The van der Waals surface area contributed by atoms with Gasteiger partial charge < -0.3 is 4.42 Å². The third kappa shape index (κ3) is 3.91. The molecule has 20 heavy (non-hydrogen) atoms. The number of hydrogen-bond acceptors (Lipinski definition) is 5. The smallest absolute Gasteiger partial charge is 0.217 e. The summed E-state index contributed by atoms with van der Waals surface area (Å²) < 4.78 is 31.8. The number of hydrogen-bond donors (Lipinski definition) is 1. The van der Waals surface area contributed by atoms with E-state index in [1.54, 1.807) is 23.1 Å².